The van der Waals surface area contributed by atoms with E-state index in [-0.39, 0.29) is 23.2 Å². The topological polar surface area (TPSA) is 111 Å². The van der Waals surface area contributed by atoms with E-state index in [1.165, 1.54) is 18.2 Å². The Morgan fingerprint density at radius 1 is 1.62 bits per heavy atom. The van der Waals surface area contributed by atoms with Crippen LogP contribution in [0.1, 0.15) is 6.92 Å². The Morgan fingerprint density at radius 2 is 2.31 bits per heavy atom. The molecule has 0 unspecified atom stereocenters. The van der Waals surface area contributed by atoms with Gasteiger partial charge < -0.3 is 11.1 Å². The van der Waals surface area contributed by atoms with E-state index < -0.39 is 4.92 Å². The summed E-state index contributed by atoms with van der Waals surface area (Å²) in [5, 5.41) is 12.9. The maximum atomic E-state index is 11.1. The average molecular weight is 222 g/mol. The second-order valence-corrected chi connectivity index (χ2v) is 2.85. The third-order valence-corrected chi connectivity index (χ3v) is 1.67. The monoisotopic (exact) mass is 222 g/mol. The van der Waals surface area contributed by atoms with Crippen molar-refractivity contribution in [1.29, 1.82) is 0 Å². The first-order valence-electron chi connectivity index (χ1n) is 4.39. The number of aromatic nitrogens is 1. The molecule has 3 N–H and O–H groups in total. The van der Waals surface area contributed by atoms with Crippen LogP contribution in [0, 0.1) is 10.1 Å². The highest BCUT2D eigenvalue weighted by molar-refractivity contribution is 5.98. The molecule has 0 saturated heterocycles. The van der Waals surface area contributed by atoms with Crippen molar-refractivity contribution >= 4 is 23.2 Å². The van der Waals surface area contributed by atoms with E-state index in [4.69, 9.17) is 5.73 Å². The second-order valence-electron chi connectivity index (χ2n) is 2.85. The Balaban J connectivity index is 2.89. The highest BCUT2D eigenvalue weighted by Crippen LogP contribution is 2.20. The van der Waals surface area contributed by atoms with Crippen LogP contribution in [0.4, 0.5) is 17.3 Å². The third-order valence-electron chi connectivity index (χ3n) is 1.67. The van der Waals surface area contributed by atoms with Crippen molar-refractivity contribution in [2.24, 2.45) is 0 Å². The number of allylic oxidation sites excluding steroid dienone is 1. The molecule has 84 valence electrons. The van der Waals surface area contributed by atoms with Crippen LogP contribution in [0.5, 0.6) is 0 Å². The summed E-state index contributed by atoms with van der Waals surface area (Å²) >= 11 is 0. The maximum absolute atomic E-state index is 11.1. The summed E-state index contributed by atoms with van der Waals surface area (Å²) < 4.78 is 0. The van der Waals surface area contributed by atoms with Crippen molar-refractivity contribution in [3.8, 4) is 0 Å². The number of hydrogen-bond donors (Lipinski definition) is 2. The van der Waals surface area contributed by atoms with E-state index in [0.717, 1.165) is 0 Å². The molecule has 1 rings (SSSR count). The molecule has 16 heavy (non-hydrogen) atoms. The molecule has 0 aliphatic rings. The van der Waals surface area contributed by atoms with Crippen LogP contribution in [0.3, 0.4) is 0 Å². The van der Waals surface area contributed by atoms with Crippen LogP contribution < -0.4 is 11.1 Å². The minimum atomic E-state index is -0.639. The molecule has 0 fully saturated rings. The highest BCUT2D eigenvalue weighted by atomic mass is 16.6. The largest absolute Gasteiger partial charge is 0.378 e. The van der Waals surface area contributed by atoms with E-state index in [1.54, 1.807) is 13.0 Å². The zero-order chi connectivity index (χ0) is 12.1. The SMILES string of the molecule is CC=CC(=O)Nc1ccc([N+](=O)[O-])c(N)n1. The molecule has 0 aliphatic carbocycles. The number of hydrogen-bond acceptors (Lipinski definition) is 5. The zero-order valence-corrected chi connectivity index (χ0v) is 8.51. The standard InChI is InChI=1S/C9H10N4O3/c1-2-3-8(14)11-7-5-4-6(13(15)16)9(10)12-7/h2-5H,1H3,(H3,10,11,12,14). The third kappa shape index (κ3) is 2.77. The fourth-order valence-corrected chi connectivity index (χ4v) is 1.01. The molecule has 0 bridgehead atoms. The fraction of sp³-hybridized carbons (Fsp3) is 0.111. The van der Waals surface area contributed by atoms with Gasteiger partial charge in [-0.1, -0.05) is 6.08 Å². The summed E-state index contributed by atoms with van der Waals surface area (Å²) in [7, 11) is 0. The Bertz CT molecular complexity index is 456. The number of nitrogens with one attached hydrogen (secondary N) is 1. The Kier molecular flexibility index (Phi) is 3.54. The first-order chi connectivity index (χ1) is 7.54. The molecule has 1 aromatic rings. The number of rotatable bonds is 3. The number of nitrogen functional groups attached to an aromatic ring is 1. The van der Waals surface area contributed by atoms with Crippen LogP contribution in [-0.4, -0.2) is 15.8 Å². The molecule has 0 aliphatic heterocycles. The molecule has 1 amide bonds. The van der Waals surface area contributed by atoms with Crippen molar-refractivity contribution in [1.82, 2.24) is 4.98 Å². The number of anilines is 2. The Hall–Kier alpha value is -2.44. The van der Waals surface area contributed by atoms with E-state index in [0.29, 0.717) is 0 Å². The molecule has 0 spiro atoms. The van der Waals surface area contributed by atoms with Gasteiger partial charge in [0.25, 0.3) is 0 Å². The molecule has 0 radical (unpaired) electrons. The van der Waals surface area contributed by atoms with Gasteiger partial charge in [-0.25, -0.2) is 4.98 Å². The molecule has 0 aromatic carbocycles. The summed E-state index contributed by atoms with van der Waals surface area (Å²) in [4.78, 5) is 24.6. The lowest BCUT2D eigenvalue weighted by molar-refractivity contribution is -0.384. The van der Waals surface area contributed by atoms with Crippen molar-refractivity contribution in [3.63, 3.8) is 0 Å². The number of nitro groups is 1. The minimum Gasteiger partial charge on any atom is -0.378 e. The lowest BCUT2D eigenvalue weighted by Crippen LogP contribution is -2.10. The first-order valence-corrected chi connectivity index (χ1v) is 4.39. The predicted octanol–water partition coefficient (Wildman–Crippen LogP) is 1.09. The average Bonchev–Trinajstić information content (AvgIpc) is 2.17. The van der Waals surface area contributed by atoms with E-state index in [9.17, 15) is 14.9 Å². The van der Waals surface area contributed by atoms with Gasteiger partial charge in [-0.2, -0.15) is 0 Å². The fourth-order valence-electron chi connectivity index (χ4n) is 1.01. The van der Waals surface area contributed by atoms with Gasteiger partial charge in [0.15, 0.2) is 0 Å². The first kappa shape index (κ1) is 11.6. The van der Waals surface area contributed by atoms with Crippen molar-refractivity contribution < 1.29 is 9.72 Å². The van der Waals surface area contributed by atoms with Crippen molar-refractivity contribution in [2.45, 2.75) is 6.92 Å². The second kappa shape index (κ2) is 4.87. The van der Waals surface area contributed by atoms with Gasteiger partial charge in [0, 0.05) is 6.07 Å². The van der Waals surface area contributed by atoms with Crippen LogP contribution in [-0.2, 0) is 4.79 Å². The molecule has 0 atom stereocenters. The van der Waals surface area contributed by atoms with Crippen LogP contribution >= 0.6 is 0 Å². The van der Waals surface area contributed by atoms with Gasteiger partial charge in [0.1, 0.15) is 5.82 Å². The number of carbonyl (C=O) groups is 1. The Morgan fingerprint density at radius 3 is 2.81 bits per heavy atom. The van der Waals surface area contributed by atoms with Crippen LogP contribution in [0.25, 0.3) is 0 Å². The molecular formula is C9H10N4O3. The van der Waals surface area contributed by atoms with Crippen molar-refractivity contribution in [2.75, 3.05) is 11.1 Å². The lowest BCUT2D eigenvalue weighted by Gasteiger charge is -2.02. The Labute approximate surface area is 91.1 Å². The van der Waals surface area contributed by atoms with E-state index in [1.807, 2.05) is 0 Å². The summed E-state index contributed by atoms with van der Waals surface area (Å²) in [6.45, 7) is 1.69. The van der Waals surface area contributed by atoms with Crippen LogP contribution in [0.2, 0.25) is 0 Å². The molecule has 1 heterocycles. The van der Waals surface area contributed by atoms with Gasteiger partial charge >= 0.3 is 5.69 Å². The molecular weight excluding hydrogens is 212 g/mol. The number of nitrogens with zero attached hydrogens (tertiary/aromatic N) is 2. The number of pyridine rings is 1. The molecule has 1 aromatic heterocycles. The summed E-state index contributed by atoms with van der Waals surface area (Å²) in [5.74, 6) is -0.433. The zero-order valence-electron chi connectivity index (χ0n) is 8.51. The summed E-state index contributed by atoms with van der Waals surface area (Å²) in [6, 6.07) is 2.50. The number of nitrogens with two attached hydrogens (primary N) is 1. The van der Waals surface area contributed by atoms with Gasteiger partial charge in [-0.3, -0.25) is 14.9 Å². The van der Waals surface area contributed by atoms with Crippen molar-refractivity contribution in [3.05, 3.63) is 34.4 Å². The number of amides is 1. The summed E-state index contributed by atoms with van der Waals surface area (Å²) in [6.07, 6.45) is 2.86. The predicted molar refractivity (Wildman–Crippen MR) is 58.7 cm³/mol. The van der Waals surface area contributed by atoms with Gasteiger partial charge in [-0.15, -0.1) is 0 Å². The molecule has 0 saturated carbocycles. The maximum Gasteiger partial charge on any atom is 0.311 e. The smallest absolute Gasteiger partial charge is 0.311 e. The lowest BCUT2D eigenvalue weighted by atomic mass is 10.3. The minimum absolute atomic E-state index is 0.172. The quantitative estimate of drug-likeness (QED) is 0.451. The molecule has 7 heteroatoms. The number of carbonyl (C=O) groups excluding carboxylic acids is 1. The highest BCUT2D eigenvalue weighted by Gasteiger charge is 2.13. The van der Waals surface area contributed by atoms with Gasteiger partial charge in [-0.05, 0) is 19.1 Å². The van der Waals surface area contributed by atoms with Gasteiger partial charge in [0.2, 0.25) is 11.7 Å². The molecule has 7 nitrogen and oxygen atoms in total. The van der Waals surface area contributed by atoms with E-state index in [2.05, 4.69) is 10.3 Å². The van der Waals surface area contributed by atoms with Crippen LogP contribution in [0.15, 0.2) is 24.3 Å². The summed E-state index contributed by atoms with van der Waals surface area (Å²) in [5.41, 5.74) is 5.06. The van der Waals surface area contributed by atoms with E-state index >= 15 is 0 Å². The van der Waals surface area contributed by atoms with Gasteiger partial charge in [0.05, 0.1) is 4.92 Å². The normalized spacial score (nSPS) is 10.3.